The molecule has 0 atom stereocenters. The third-order valence-electron chi connectivity index (χ3n) is 3.50. The molecule has 1 aliphatic heterocycles. The molecule has 1 aromatic rings. The molecule has 1 amide bonds. The molecular formula is C14H19NO3. The molecule has 1 fully saturated rings. The number of benzene rings is 1. The van der Waals surface area contributed by atoms with Crippen molar-refractivity contribution in [3.05, 3.63) is 29.8 Å². The third kappa shape index (κ3) is 2.20. The molecule has 2 rings (SSSR count). The number of rotatable bonds is 3. The van der Waals surface area contributed by atoms with Crippen molar-refractivity contribution < 1.29 is 14.6 Å². The number of nitrogens with zero attached hydrogens (tertiary/aromatic N) is 1. The zero-order valence-electron chi connectivity index (χ0n) is 11.0. The highest BCUT2D eigenvalue weighted by molar-refractivity contribution is 5.88. The molecule has 0 spiro atoms. The van der Waals surface area contributed by atoms with E-state index in [4.69, 9.17) is 4.74 Å². The quantitative estimate of drug-likeness (QED) is 0.875. The van der Waals surface area contributed by atoms with E-state index in [0.29, 0.717) is 13.1 Å². The SMILES string of the molecule is COc1ccc(C(C)(C)C(=O)N2CC(O)C2)cc1. The van der Waals surface area contributed by atoms with Gasteiger partial charge in [-0.3, -0.25) is 4.79 Å². The van der Waals surface area contributed by atoms with Gasteiger partial charge in [0.15, 0.2) is 0 Å². The van der Waals surface area contributed by atoms with E-state index in [2.05, 4.69) is 0 Å². The van der Waals surface area contributed by atoms with Crippen LogP contribution in [0.15, 0.2) is 24.3 Å². The van der Waals surface area contributed by atoms with E-state index in [-0.39, 0.29) is 12.0 Å². The van der Waals surface area contributed by atoms with Crippen LogP contribution in [-0.4, -0.2) is 42.2 Å². The highest BCUT2D eigenvalue weighted by atomic mass is 16.5. The molecule has 4 nitrogen and oxygen atoms in total. The highest BCUT2D eigenvalue weighted by Gasteiger charge is 2.39. The molecule has 4 heteroatoms. The van der Waals surface area contributed by atoms with Crippen molar-refractivity contribution >= 4 is 5.91 Å². The van der Waals surface area contributed by atoms with E-state index in [1.54, 1.807) is 12.0 Å². The normalized spacial score (nSPS) is 16.3. The Balaban J connectivity index is 2.15. The van der Waals surface area contributed by atoms with Gasteiger partial charge in [-0.2, -0.15) is 0 Å². The first-order valence-electron chi connectivity index (χ1n) is 6.07. The Labute approximate surface area is 107 Å². The first-order chi connectivity index (χ1) is 8.45. The molecule has 98 valence electrons. The molecule has 0 aromatic heterocycles. The van der Waals surface area contributed by atoms with Gasteiger partial charge < -0.3 is 14.7 Å². The van der Waals surface area contributed by atoms with Crippen LogP contribution in [0, 0.1) is 0 Å². The number of carbonyl (C=O) groups excluding carboxylic acids is 1. The highest BCUT2D eigenvalue weighted by Crippen LogP contribution is 2.29. The average Bonchev–Trinajstić information content (AvgIpc) is 2.34. The number of β-amino-alcohol motifs (C(OH)–C–C–N with tert-alkyl or cyclic N) is 1. The van der Waals surface area contributed by atoms with Gasteiger partial charge in [-0.1, -0.05) is 12.1 Å². The van der Waals surface area contributed by atoms with Crippen LogP contribution in [0.3, 0.4) is 0 Å². The Bertz CT molecular complexity index is 433. The largest absolute Gasteiger partial charge is 0.497 e. The van der Waals surface area contributed by atoms with Gasteiger partial charge in [0, 0.05) is 13.1 Å². The number of likely N-dealkylation sites (tertiary alicyclic amines) is 1. The van der Waals surface area contributed by atoms with Crippen molar-refractivity contribution in [3.63, 3.8) is 0 Å². The molecule has 0 radical (unpaired) electrons. The van der Waals surface area contributed by atoms with Crippen LogP contribution < -0.4 is 4.74 Å². The molecule has 1 saturated heterocycles. The summed E-state index contributed by atoms with van der Waals surface area (Å²) < 4.78 is 5.11. The minimum atomic E-state index is -0.577. The molecule has 1 N–H and O–H groups in total. The smallest absolute Gasteiger partial charge is 0.232 e. The Hall–Kier alpha value is -1.55. The van der Waals surface area contributed by atoms with Gasteiger partial charge in [0.05, 0.1) is 18.6 Å². The minimum absolute atomic E-state index is 0.0537. The number of amides is 1. The van der Waals surface area contributed by atoms with Crippen molar-refractivity contribution in [1.82, 2.24) is 4.90 Å². The summed E-state index contributed by atoms with van der Waals surface area (Å²) in [5.74, 6) is 0.833. The number of hydrogen-bond donors (Lipinski definition) is 1. The third-order valence-corrected chi connectivity index (χ3v) is 3.50. The number of carbonyl (C=O) groups is 1. The molecule has 0 saturated carbocycles. The Morgan fingerprint density at radius 3 is 2.33 bits per heavy atom. The van der Waals surface area contributed by atoms with Crippen molar-refractivity contribution in [2.75, 3.05) is 20.2 Å². The zero-order chi connectivity index (χ0) is 13.3. The summed E-state index contributed by atoms with van der Waals surface area (Å²) in [5.41, 5.74) is 0.376. The summed E-state index contributed by atoms with van der Waals surface area (Å²) in [6, 6.07) is 7.53. The van der Waals surface area contributed by atoms with Gasteiger partial charge in [-0.05, 0) is 31.5 Å². The standard InChI is InChI=1S/C14H19NO3/c1-14(2,13(17)15-8-11(16)9-15)10-4-6-12(18-3)7-5-10/h4-7,11,16H,8-9H2,1-3H3. The molecule has 18 heavy (non-hydrogen) atoms. The van der Waals surface area contributed by atoms with Gasteiger partial charge in [0.25, 0.3) is 0 Å². The van der Waals surface area contributed by atoms with Crippen LogP contribution in [0.2, 0.25) is 0 Å². The van der Waals surface area contributed by atoms with Crippen molar-refractivity contribution in [3.8, 4) is 5.75 Å². The monoisotopic (exact) mass is 249 g/mol. The topological polar surface area (TPSA) is 49.8 Å². The lowest BCUT2D eigenvalue weighted by Crippen LogP contribution is -2.57. The van der Waals surface area contributed by atoms with Crippen LogP contribution in [-0.2, 0) is 10.2 Å². The Morgan fingerprint density at radius 1 is 1.33 bits per heavy atom. The molecule has 1 aromatic carbocycles. The summed E-state index contributed by atoms with van der Waals surface area (Å²) in [5, 5.41) is 9.26. The van der Waals surface area contributed by atoms with Gasteiger partial charge in [-0.25, -0.2) is 0 Å². The van der Waals surface area contributed by atoms with Gasteiger partial charge in [0.2, 0.25) is 5.91 Å². The van der Waals surface area contributed by atoms with Crippen LogP contribution in [0.1, 0.15) is 19.4 Å². The fraction of sp³-hybridized carbons (Fsp3) is 0.500. The molecule has 0 bridgehead atoms. The zero-order valence-corrected chi connectivity index (χ0v) is 11.0. The van der Waals surface area contributed by atoms with Gasteiger partial charge in [0.1, 0.15) is 5.75 Å². The van der Waals surface area contributed by atoms with Crippen LogP contribution >= 0.6 is 0 Å². The molecule has 0 aliphatic carbocycles. The second-order valence-electron chi connectivity index (χ2n) is 5.22. The van der Waals surface area contributed by atoms with Crippen LogP contribution in [0.25, 0.3) is 0 Å². The Kier molecular flexibility index (Phi) is 3.30. The summed E-state index contributed by atoms with van der Waals surface area (Å²) in [7, 11) is 1.62. The van der Waals surface area contributed by atoms with Gasteiger partial charge in [-0.15, -0.1) is 0 Å². The predicted molar refractivity (Wildman–Crippen MR) is 68.6 cm³/mol. The molecule has 0 unspecified atom stereocenters. The number of aliphatic hydroxyl groups is 1. The average molecular weight is 249 g/mol. The van der Waals surface area contributed by atoms with Crippen molar-refractivity contribution in [1.29, 1.82) is 0 Å². The maximum absolute atomic E-state index is 12.3. The van der Waals surface area contributed by atoms with E-state index in [9.17, 15) is 9.90 Å². The molecular weight excluding hydrogens is 230 g/mol. The van der Waals surface area contributed by atoms with E-state index in [1.165, 1.54) is 0 Å². The van der Waals surface area contributed by atoms with E-state index in [1.807, 2.05) is 38.1 Å². The fourth-order valence-corrected chi connectivity index (χ4v) is 2.15. The second-order valence-corrected chi connectivity index (χ2v) is 5.22. The van der Waals surface area contributed by atoms with E-state index >= 15 is 0 Å². The Morgan fingerprint density at radius 2 is 1.89 bits per heavy atom. The molecule has 1 heterocycles. The van der Waals surface area contributed by atoms with Crippen LogP contribution in [0.4, 0.5) is 0 Å². The predicted octanol–water partition coefficient (Wildman–Crippen LogP) is 1.18. The lowest BCUT2D eigenvalue weighted by atomic mass is 9.82. The number of hydrogen-bond acceptors (Lipinski definition) is 3. The van der Waals surface area contributed by atoms with Crippen molar-refractivity contribution in [2.24, 2.45) is 0 Å². The second kappa shape index (κ2) is 4.61. The first kappa shape index (κ1) is 12.9. The molecule has 1 aliphatic rings. The first-order valence-corrected chi connectivity index (χ1v) is 6.07. The van der Waals surface area contributed by atoms with Crippen LogP contribution in [0.5, 0.6) is 5.75 Å². The summed E-state index contributed by atoms with van der Waals surface area (Å²) in [6.07, 6.45) is -0.361. The minimum Gasteiger partial charge on any atom is -0.497 e. The lowest BCUT2D eigenvalue weighted by Gasteiger charge is -2.40. The number of ether oxygens (including phenoxy) is 1. The summed E-state index contributed by atoms with van der Waals surface area (Å²) >= 11 is 0. The van der Waals surface area contributed by atoms with Gasteiger partial charge >= 0.3 is 0 Å². The number of methoxy groups -OCH3 is 1. The maximum atomic E-state index is 12.3. The maximum Gasteiger partial charge on any atom is 0.232 e. The summed E-state index contributed by atoms with van der Waals surface area (Å²) in [4.78, 5) is 14.0. The summed E-state index contributed by atoms with van der Waals surface area (Å²) in [6.45, 7) is 4.69. The van der Waals surface area contributed by atoms with Crippen molar-refractivity contribution in [2.45, 2.75) is 25.4 Å². The van der Waals surface area contributed by atoms with E-state index in [0.717, 1.165) is 11.3 Å². The lowest BCUT2D eigenvalue weighted by molar-refractivity contribution is -0.146. The fourth-order valence-electron chi connectivity index (χ4n) is 2.15. The van der Waals surface area contributed by atoms with E-state index < -0.39 is 5.41 Å². The number of aliphatic hydroxyl groups excluding tert-OH is 1.